The highest BCUT2D eigenvalue weighted by Crippen LogP contribution is 2.31. The molecule has 24 heavy (non-hydrogen) atoms. The third-order valence-electron chi connectivity index (χ3n) is 3.89. The van der Waals surface area contributed by atoms with E-state index in [2.05, 4.69) is 20.3 Å². The standard InChI is InChI=1S/C18H14N4O2/c1-10-3-2-4-11(7-10)20-17-13-8-14(18(23)24)21-16(13)12-5-6-19-9-15(12)22-17/h2-9,21H,1H3,(H,20,22)(H,23,24). The van der Waals surface area contributed by atoms with Crippen molar-refractivity contribution in [1.29, 1.82) is 0 Å². The molecule has 0 bridgehead atoms. The Bertz CT molecular complexity index is 1080. The summed E-state index contributed by atoms with van der Waals surface area (Å²) in [4.78, 5) is 23.0. The van der Waals surface area contributed by atoms with E-state index in [0.29, 0.717) is 11.3 Å². The second-order valence-electron chi connectivity index (χ2n) is 5.62. The quantitative estimate of drug-likeness (QED) is 0.533. The molecule has 118 valence electrons. The SMILES string of the molecule is Cc1cccc(Nc2nc3cnccc3c3[nH]c(C(=O)O)cc23)c1. The summed E-state index contributed by atoms with van der Waals surface area (Å²) in [5, 5.41) is 14.1. The summed E-state index contributed by atoms with van der Waals surface area (Å²) < 4.78 is 0. The van der Waals surface area contributed by atoms with Gasteiger partial charge in [0.2, 0.25) is 0 Å². The minimum absolute atomic E-state index is 0.128. The number of benzene rings is 1. The molecule has 6 heteroatoms. The predicted octanol–water partition coefficient (Wildman–Crippen LogP) is 3.86. The summed E-state index contributed by atoms with van der Waals surface area (Å²) in [6.45, 7) is 2.01. The molecule has 4 aromatic rings. The maximum Gasteiger partial charge on any atom is 0.352 e. The van der Waals surface area contributed by atoms with Crippen molar-refractivity contribution < 1.29 is 9.90 Å². The zero-order valence-electron chi connectivity index (χ0n) is 12.9. The van der Waals surface area contributed by atoms with Crippen LogP contribution in [0, 0.1) is 6.92 Å². The molecule has 0 aliphatic carbocycles. The van der Waals surface area contributed by atoms with E-state index < -0.39 is 5.97 Å². The third-order valence-corrected chi connectivity index (χ3v) is 3.89. The molecule has 0 atom stereocenters. The number of nitrogens with zero attached hydrogens (tertiary/aromatic N) is 2. The van der Waals surface area contributed by atoms with Gasteiger partial charge in [-0.15, -0.1) is 0 Å². The molecule has 0 amide bonds. The number of fused-ring (bicyclic) bond motifs is 3. The van der Waals surface area contributed by atoms with Crippen molar-refractivity contribution in [2.75, 3.05) is 5.32 Å². The lowest BCUT2D eigenvalue weighted by Crippen LogP contribution is -1.95. The van der Waals surface area contributed by atoms with Gasteiger partial charge in [0.1, 0.15) is 11.5 Å². The minimum atomic E-state index is -1.00. The van der Waals surface area contributed by atoms with Crippen LogP contribution in [0.5, 0.6) is 0 Å². The molecular formula is C18H14N4O2. The molecule has 0 aliphatic heterocycles. The monoisotopic (exact) mass is 318 g/mol. The first-order valence-corrected chi connectivity index (χ1v) is 7.45. The zero-order chi connectivity index (χ0) is 16.7. The fraction of sp³-hybridized carbons (Fsp3) is 0.0556. The zero-order valence-corrected chi connectivity index (χ0v) is 12.9. The van der Waals surface area contributed by atoms with Crippen molar-refractivity contribution in [3.05, 3.63) is 60.0 Å². The molecule has 0 spiro atoms. The van der Waals surface area contributed by atoms with E-state index in [-0.39, 0.29) is 5.69 Å². The van der Waals surface area contributed by atoms with Gasteiger partial charge in [0.15, 0.2) is 0 Å². The molecular weight excluding hydrogens is 304 g/mol. The first-order chi connectivity index (χ1) is 11.6. The number of carbonyl (C=O) groups is 1. The fourth-order valence-corrected chi connectivity index (χ4v) is 2.79. The predicted molar refractivity (Wildman–Crippen MR) is 92.8 cm³/mol. The number of pyridine rings is 2. The van der Waals surface area contributed by atoms with Crippen LogP contribution >= 0.6 is 0 Å². The van der Waals surface area contributed by atoms with Crippen LogP contribution in [0.25, 0.3) is 21.8 Å². The van der Waals surface area contributed by atoms with E-state index in [4.69, 9.17) is 0 Å². The maximum absolute atomic E-state index is 11.3. The number of hydrogen-bond acceptors (Lipinski definition) is 4. The van der Waals surface area contributed by atoms with Crippen molar-refractivity contribution in [3.63, 3.8) is 0 Å². The van der Waals surface area contributed by atoms with E-state index in [1.165, 1.54) is 0 Å². The normalized spacial score (nSPS) is 11.0. The number of carboxylic acid groups (broad SMARTS) is 1. The van der Waals surface area contributed by atoms with Crippen molar-refractivity contribution in [3.8, 4) is 0 Å². The van der Waals surface area contributed by atoms with Crippen molar-refractivity contribution in [2.24, 2.45) is 0 Å². The molecule has 4 rings (SSSR count). The summed E-state index contributed by atoms with van der Waals surface area (Å²) in [6, 6.07) is 11.3. The van der Waals surface area contributed by atoms with E-state index in [9.17, 15) is 9.90 Å². The third kappa shape index (κ3) is 2.34. The number of nitrogens with one attached hydrogen (secondary N) is 2. The summed E-state index contributed by atoms with van der Waals surface area (Å²) in [6.07, 6.45) is 3.33. The Hall–Kier alpha value is -3.41. The highest BCUT2D eigenvalue weighted by molar-refractivity contribution is 6.11. The molecule has 3 heterocycles. The lowest BCUT2D eigenvalue weighted by atomic mass is 10.2. The van der Waals surface area contributed by atoms with Gasteiger partial charge in [0.25, 0.3) is 0 Å². The molecule has 0 radical (unpaired) electrons. The van der Waals surface area contributed by atoms with Crippen LogP contribution in [0.2, 0.25) is 0 Å². The van der Waals surface area contributed by atoms with Crippen molar-refractivity contribution in [2.45, 2.75) is 6.92 Å². The second-order valence-corrected chi connectivity index (χ2v) is 5.62. The lowest BCUT2D eigenvalue weighted by molar-refractivity contribution is 0.0691. The largest absolute Gasteiger partial charge is 0.477 e. The van der Waals surface area contributed by atoms with Gasteiger partial charge in [-0.3, -0.25) is 4.98 Å². The number of rotatable bonds is 3. The molecule has 0 fully saturated rings. The van der Waals surface area contributed by atoms with E-state index in [0.717, 1.165) is 27.5 Å². The van der Waals surface area contributed by atoms with Crippen LogP contribution in [0.1, 0.15) is 16.1 Å². The first kappa shape index (κ1) is 14.2. The van der Waals surface area contributed by atoms with E-state index in [1.807, 2.05) is 37.3 Å². The number of aromatic amines is 1. The van der Waals surface area contributed by atoms with Gasteiger partial charge in [-0.1, -0.05) is 12.1 Å². The molecule has 1 aromatic carbocycles. The van der Waals surface area contributed by atoms with Gasteiger partial charge < -0.3 is 15.4 Å². The fourth-order valence-electron chi connectivity index (χ4n) is 2.79. The Kier molecular flexibility index (Phi) is 3.16. The van der Waals surface area contributed by atoms with Crippen LogP contribution in [0.15, 0.2) is 48.8 Å². The number of aromatic carboxylic acids is 1. The van der Waals surface area contributed by atoms with Crippen LogP contribution in [0.3, 0.4) is 0 Å². The first-order valence-electron chi connectivity index (χ1n) is 7.45. The van der Waals surface area contributed by atoms with Crippen molar-refractivity contribution in [1.82, 2.24) is 15.0 Å². The van der Waals surface area contributed by atoms with Gasteiger partial charge in [0.05, 0.1) is 17.2 Å². The molecule has 6 nitrogen and oxygen atoms in total. The summed E-state index contributed by atoms with van der Waals surface area (Å²) in [5.41, 5.74) is 3.57. The lowest BCUT2D eigenvalue weighted by Gasteiger charge is -2.09. The Morgan fingerprint density at radius 3 is 2.88 bits per heavy atom. The van der Waals surface area contributed by atoms with E-state index >= 15 is 0 Å². The van der Waals surface area contributed by atoms with Crippen LogP contribution < -0.4 is 5.32 Å². The van der Waals surface area contributed by atoms with E-state index in [1.54, 1.807) is 18.5 Å². The van der Waals surface area contributed by atoms with Crippen molar-refractivity contribution >= 4 is 39.3 Å². The Morgan fingerprint density at radius 1 is 1.21 bits per heavy atom. The van der Waals surface area contributed by atoms with Gasteiger partial charge in [-0.05, 0) is 36.8 Å². The highest BCUT2D eigenvalue weighted by atomic mass is 16.4. The van der Waals surface area contributed by atoms with Gasteiger partial charge in [0, 0.05) is 22.7 Å². The topological polar surface area (TPSA) is 90.9 Å². The molecule has 0 unspecified atom stereocenters. The highest BCUT2D eigenvalue weighted by Gasteiger charge is 2.15. The molecule has 3 aromatic heterocycles. The van der Waals surface area contributed by atoms with Gasteiger partial charge in [-0.2, -0.15) is 0 Å². The summed E-state index contributed by atoms with van der Waals surface area (Å²) in [7, 11) is 0. The Balaban J connectivity index is 1.96. The van der Waals surface area contributed by atoms with Crippen LogP contribution in [0.4, 0.5) is 11.5 Å². The van der Waals surface area contributed by atoms with Gasteiger partial charge >= 0.3 is 5.97 Å². The van der Waals surface area contributed by atoms with Gasteiger partial charge in [-0.25, -0.2) is 9.78 Å². The molecule has 0 saturated carbocycles. The second kappa shape index (κ2) is 5.34. The number of H-pyrrole nitrogens is 1. The number of aromatic nitrogens is 3. The average molecular weight is 318 g/mol. The molecule has 0 aliphatic rings. The number of anilines is 2. The Morgan fingerprint density at radius 2 is 2.08 bits per heavy atom. The maximum atomic E-state index is 11.3. The minimum Gasteiger partial charge on any atom is -0.477 e. The molecule has 0 saturated heterocycles. The number of aryl methyl sites for hydroxylation is 1. The Labute approximate surface area is 137 Å². The average Bonchev–Trinajstić information content (AvgIpc) is 3.01. The number of hydrogen-bond donors (Lipinski definition) is 3. The molecule has 3 N–H and O–H groups in total. The smallest absolute Gasteiger partial charge is 0.352 e. The summed E-state index contributed by atoms with van der Waals surface area (Å²) in [5.74, 6) is -0.408. The summed E-state index contributed by atoms with van der Waals surface area (Å²) >= 11 is 0. The number of carboxylic acids is 1. The van der Waals surface area contributed by atoms with Crippen LogP contribution in [-0.2, 0) is 0 Å². The van der Waals surface area contributed by atoms with Crippen LogP contribution in [-0.4, -0.2) is 26.0 Å².